The predicted molar refractivity (Wildman–Crippen MR) is 117 cm³/mol. The van der Waals surface area contributed by atoms with E-state index in [1.165, 1.54) is 0 Å². The first kappa shape index (κ1) is 18.7. The molecule has 0 fully saturated rings. The van der Waals surface area contributed by atoms with Gasteiger partial charge in [-0.25, -0.2) is 4.98 Å². The Hall–Kier alpha value is -2.70. The molecule has 6 heteroatoms. The fraction of sp³-hybridized carbons (Fsp3) is 0. The molecule has 0 atom stereocenters. The van der Waals surface area contributed by atoms with Crippen LogP contribution in [0.15, 0.2) is 92.4 Å². The summed E-state index contributed by atoms with van der Waals surface area (Å²) in [5.41, 5.74) is 2.75. The normalized spacial score (nSPS) is 10.6. The SMILES string of the molecule is O=C(Nc1ccc(Br)cc1)c1ccccc1-c1ncc(-c2cccc(Br)c2)o1. The first-order chi connectivity index (χ1) is 13.6. The molecule has 0 unspecified atom stereocenters. The topological polar surface area (TPSA) is 55.1 Å². The molecule has 0 saturated carbocycles. The van der Waals surface area contributed by atoms with E-state index in [1.54, 1.807) is 12.3 Å². The number of carbonyl (C=O) groups excluding carboxylic acids is 1. The number of carbonyl (C=O) groups is 1. The van der Waals surface area contributed by atoms with E-state index in [-0.39, 0.29) is 5.91 Å². The number of benzene rings is 3. The van der Waals surface area contributed by atoms with Crippen LogP contribution in [0.3, 0.4) is 0 Å². The van der Waals surface area contributed by atoms with Gasteiger partial charge in [-0.3, -0.25) is 4.79 Å². The number of aromatic nitrogens is 1. The number of oxazole rings is 1. The number of rotatable bonds is 4. The number of amides is 1. The highest BCUT2D eigenvalue weighted by Gasteiger charge is 2.17. The van der Waals surface area contributed by atoms with Crippen molar-refractivity contribution in [2.75, 3.05) is 5.32 Å². The molecule has 138 valence electrons. The number of nitrogens with zero attached hydrogens (tertiary/aromatic N) is 1. The number of nitrogens with one attached hydrogen (secondary N) is 1. The number of halogens is 2. The van der Waals surface area contributed by atoms with E-state index in [0.29, 0.717) is 28.5 Å². The van der Waals surface area contributed by atoms with E-state index < -0.39 is 0 Å². The van der Waals surface area contributed by atoms with Gasteiger partial charge in [-0.05, 0) is 48.5 Å². The average Bonchev–Trinajstić information content (AvgIpc) is 3.20. The monoisotopic (exact) mass is 496 g/mol. The maximum Gasteiger partial charge on any atom is 0.256 e. The van der Waals surface area contributed by atoms with E-state index in [9.17, 15) is 4.79 Å². The van der Waals surface area contributed by atoms with E-state index in [1.807, 2.05) is 66.7 Å². The van der Waals surface area contributed by atoms with Crippen LogP contribution in [0.5, 0.6) is 0 Å². The van der Waals surface area contributed by atoms with Crippen molar-refractivity contribution < 1.29 is 9.21 Å². The summed E-state index contributed by atoms with van der Waals surface area (Å²) in [7, 11) is 0. The highest BCUT2D eigenvalue weighted by molar-refractivity contribution is 9.10. The van der Waals surface area contributed by atoms with Crippen LogP contribution in [-0.2, 0) is 0 Å². The van der Waals surface area contributed by atoms with E-state index in [4.69, 9.17) is 4.42 Å². The summed E-state index contributed by atoms with van der Waals surface area (Å²) >= 11 is 6.85. The Morgan fingerprint density at radius 2 is 1.68 bits per heavy atom. The summed E-state index contributed by atoms with van der Waals surface area (Å²) < 4.78 is 7.85. The van der Waals surface area contributed by atoms with Gasteiger partial charge in [0.05, 0.1) is 11.8 Å². The molecule has 1 amide bonds. The Morgan fingerprint density at radius 3 is 2.46 bits per heavy atom. The van der Waals surface area contributed by atoms with Gasteiger partial charge in [-0.1, -0.05) is 56.1 Å². The fourth-order valence-corrected chi connectivity index (χ4v) is 3.44. The summed E-state index contributed by atoms with van der Waals surface area (Å²) in [5, 5.41) is 2.91. The molecule has 28 heavy (non-hydrogen) atoms. The van der Waals surface area contributed by atoms with Crippen LogP contribution in [0.25, 0.3) is 22.8 Å². The molecule has 3 aromatic carbocycles. The predicted octanol–water partition coefficient (Wildman–Crippen LogP) is 6.79. The largest absolute Gasteiger partial charge is 0.436 e. The summed E-state index contributed by atoms with van der Waals surface area (Å²) in [6.45, 7) is 0. The number of anilines is 1. The molecule has 0 bridgehead atoms. The molecular formula is C22H14Br2N2O2. The summed E-state index contributed by atoms with van der Waals surface area (Å²) in [6.07, 6.45) is 1.67. The van der Waals surface area contributed by atoms with Crippen LogP contribution in [-0.4, -0.2) is 10.9 Å². The van der Waals surface area contributed by atoms with Crippen molar-refractivity contribution in [3.05, 3.63) is 93.5 Å². The van der Waals surface area contributed by atoms with Crippen molar-refractivity contribution in [2.24, 2.45) is 0 Å². The standard InChI is InChI=1S/C22H14Br2N2O2/c23-15-8-10-17(11-9-15)26-21(27)18-6-1-2-7-19(18)22-25-13-20(28-22)14-4-3-5-16(24)12-14/h1-13H,(H,26,27). The van der Waals surface area contributed by atoms with Crippen LogP contribution in [0.4, 0.5) is 5.69 Å². The first-order valence-corrected chi connectivity index (χ1v) is 10.1. The van der Waals surface area contributed by atoms with Crippen LogP contribution in [0.2, 0.25) is 0 Å². The molecule has 0 radical (unpaired) electrons. The van der Waals surface area contributed by atoms with Gasteiger partial charge in [-0.2, -0.15) is 0 Å². The van der Waals surface area contributed by atoms with Crippen molar-refractivity contribution in [2.45, 2.75) is 0 Å². The first-order valence-electron chi connectivity index (χ1n) is 8.48. The zero-order chi connectivity index (χ0) is 19.5. The molecule has 0 aliphatic carbocycles. The lowest BCUT2D eigenvalue weighted by Gasteiger charge is -2.08. The Kier molecular flexibility index (Phi) is 5.41. The second-order valence-electron chi connectivity index (χ2n) is 6.05. The molecule has 0 aliphatic rings. The van der Waals surface area contributed by atoms with Crippen molar-refractivity contribution in [1.82, 2.24) is 4.98 Å². The van der Waals surface area contributed by atoms with Crippen LogP contribution in [0, 0.1) is 0 Å². The van der Waals surface area contributed by atoms with Crippen molar-refractivity contribution in [3.63, 3.8) is 0 Å². The lowest BCUT2D eigenvalue weighted by Crippen LogP contribution is -2.13. The summed E-state index contributed by atoms with van der Waals surface area (Å²) in [4.78, 5) is 17.2. The molecule has 4 rings (SSSR count). The van der Waals surface area contributed by atoms with Gasteiger partial charge >= 0.3 is 0 Å². The van der Waals surface area contributed by atoms with E-state index in [0.717, 1.165) is 14.5 Å². The lowest BCUT2D eigenvalue weighted by atomic mass is 10.1. The molecule has 1 N–H and O–H groups in total. The maximum absolute atomic E-state index is 12.8. The summed E-state index contributed by atoms with van der Waals surface area (Å²) in [5.74, 6) is 0.816. The Balaban J connectivity index is 1.65. The Labute approximate surface area is 178 Å². The molecule has 4 aromatic rings. The minimum atomic E-state index is -0.222. The quantitative estimate of drug-likeness (QED) is 0.338. The van der Waals surface area contributed by atoms with Crippen LogP contribution < -0.4 is 5.32 Å². The molecule has 1 aromatic heterocycles. The molecule has 0 aliphatic heterocycles. The van der Waals surface area contributed by atoms with Crippen molar-refractivity contribution in [1.29, 1.82) is 0 Å². The second kappa shape index (κ2) is 8.12. The minimum Gasteiger partial charge on any atom is -0.436 e. The Bertz CT molecular complexity index is 1140. The van der Waals surface area contributed by atoms with Gasteiger partial charge in [0.2, 0.25) is 5.89 Å². The van der Waals surface area contributed by atoms with Gasteiger partial charge in [-0.15, -0.1) is 0 Å². The number of hydrogen-bond donors (Lipinski definition) is 1. The average molecular weight is 498 g/mol. The van der Waals surface area contributed by atoms with Gasteiger partial charge in [0.15, 0.2) is 5.76 Å². The maximum atomic E-state index is 12.8. The zero-order valence-corrected chi connectivity index (χ0v) is 17.7. The molecule has 4 nitrogen and oxygen atoms in total. The zero-order valence-electron chi connectivity index (χ0n) is 14.5. The van der Waals surface area contributed by atoms with E-state index in [2.05, 4.69) is 42.2 Å². The van der Waals surface area contributed by atoms with Gasteiger partial charge in [0.1, 0.15) is 0 Å². The van der Waals surface area contributed by atoms with E-state index >= 15 is 0 Å². The van der Waals surface area contributed by atoms with Gasteiger partial charge < -0.3 is 9.73 Å². The fourth-order valence-electron chi connectivity index (χ4n) is 2.77. The van der Waals surface area contributed by atoms with Gasteiger partial charge in [0.25, 0.3) is 5.91 Å². The van der Waals surface area contributed by atoms with Crippen molar-refractivity contribution >= 4 is 43.5 Å². The lowest BCUT2D eigenvalue weighted by molar-refractivity contribution is 0.102. The van der Waals surface area contributed by atoms with Crippen LogP contribution in [0.1, 0.15) is 10.4 Å². The van der Waals surface area contributed by atoms with Gasteiger partial charge in [0, 0.05) is 25.8 Å². The number of hydrogen-bond acceptors (Lipinski definition) is 3. The van der Waals surface area contributed by atoms with Crippen LogP contribution >= 0.6 is 31.9 Å². The molecule has 0 saturated heterocycles. The molecule has 0 spiro atoms. The third-order valence-electron chi connectivity index (χ3n) is 4.12. The highest BCUT2D eigenvalue weighted by atomic mass is 79.9. The molecule has 1 heterocycles. The third-order valence-corrected chi connectivity index (χ3v) is 5.14. The molecular weight excluding hydrogens is 484 g/mol. The van der Waals surface area contributed by atoms with Crippen molar-refractivity contribution in [3.8, 4) is 22.8 Å². The highest BCUT2D eigenvalue weighted by Crippen LogP contribution is 2.30. The Morgan fingerprint density at radius 1 is 0.893 bits per heavy atom. The second-order valence-corrected chi connectivity index (χ2v) is 7.88. The smallest absolute Gasteiger partial charge is 0.256 e. The summed E-state index contributed by atoms with van der Waals surface area (Å²) in [6, 6.07) is 22.5. The third kappa shape index (κ3) is 4.08. The minimum absolute atomic E-state index is 0.222.